The topological polar surface area (TPSA) is 53.0 Å². The first-order valence-electron chi connectivity index (χ1n) is 10.9. The monoisotopic (exact) mass is 557 g/mol. The Morgan fingerprint density at radius 1 is 1.29 bits per heavy atom. The lowest BCUT2D eigenvalue weighted by Crippen LogP contribution is -2.41. The van der Waals surface area contributed by atoms with Gasteiger partial charge in [0.05, 0.1) is 17.2 Å². The van der Waals surface area contributed by atoms with Crippen molar-refractivity contribution in [2.24, 2.45) is 10.9 Å². The van der Waals surface area contributed by atoms with Gasteiger partial charge < -0.3 is 15.0 Å². The van der Waals surface area contributed by atoms with Gasteiger partial charge in [0.2, 0.25) is 0 Å². The maximum atomic E-state index is 5.83. The van der Waals surface area contributed by atoms with E-state index in [9.17, 15) is 0 Å². The lowest BCUT2D eigenvalue weighted by molar-refractivity contribution is 0.179. The Balaban J connectivity index is 0.00000341. The molecule has 172 valence electrons. The highest BCUT2D eigenvalue weighted by Crippen LogP contribution is 2.20. The van der Waals surface area contributed by atoms with E-state index in [0.29, 0.717) is 12.5 Å². The summed E-state index contributed by atoms with van der Waals surface area (Å²) in [7, 11) is 2.08. The molecule has 1 aliphatic heterocycles. The molecule has 1 aliphatic rings. The molecule has 6 nitrogen and oxygen atoms in total. The lowest BCUT2D eigenvalue weighted by atomic mass is 9.97. The van der Waals surface area contributed by atoms with Gasteiger partial charge in [-0.25, -0.2) is 4.98 Å². The number of nitrogens with one attached hydrogen (secondary N) is 1. The number of benzene rings is 1. The molecule has 1 N–H and O–H groups in total. The number of halogens is 1. The summed E-state index contributed by atoms with van der Waals surface area (Å²) in [6.07, 6.45) is 2.40. The fourth-order valence-corrected chi connectivity index (χ4v) is 4.25. The molecule has 1 aromatic carbocycles. The summed E-state index contributed by atoms with van der Waals surface area (Å²) in [5, 5.41) is 6.76. The molecule has 0 spiro atoms. The first-order chi connectivity index (χ1) is 14.6. The first kappa shape index (κ1) is 25.9. The van der Waals surface area contributed by atoms with Crippen molar-refractivity contribution in [1.29, 1.82) is 0 Å². The van der Waals surface area contributed by atoms with Crippen LogP contribution in [0.25, 0.3) is 0 Å². The molecule has 0 saturated carbocycles. The van der Waals surface area contributed by atoms with E-state index in [-0.39, 0.29) is 24.0 Å². The molecular weight excluding hydrogens is 521 g/mol. The fourth-order valence-electron chi connectivity index (χ4n) is 3.65. The van der Waals surface area contributed by atoms with E-state index in [1.54, 1.807) is 11.3 Å². The highest BCUT2D eigenvalue weighted by Gasteiger charge is 2.20. The predicted octanol–water partition coefficient (Wildman–Crippen LogP) is 4.26. The van der Waals surface area contributed by atoms with Gasteiger partial charge in [0.15, 0.2) is 5.96 Å². The number of ether oxygens (including phenoxy) is 1. The number of piperidine rings is 1. The van der Waals surface area contributed by atoms with E-state index >= 15 is 0 Å². The SMILES string of the molecule is CCNC(=NCC1CCN(Cc2csc(C)n2)CC1)N(C)CCOc1ccccc1.I. The number of likely N-dealkylation sites (tertiary alicyclic amines) is 1. The van der Waals surface area contributed by atoms with Crippen LogP contribution in [0.5, 0.6) is 5.75 Å². The van der Waals surface area contributed by atoms with E-state index in [1.807, 2.05) is 30.3 Å². The smallest absolute Gasteiger partial charge is 0.193 e. The molecule has 1 aromatic heterocycles. The zero-order valence-electron chi connectivity index (χ0n) is 18.9. The van der Waals surface area contributed by atoms with Crippen LogP contribution in [0, 0.1) is 12.8 Å². The van der Waals surface area contributed by atoms with E-state index in [0.717, 1.165) is 56.0 Å². The molecule has 1 saturated heterocycles. The van der Waals surface area contributed by atoms with Crippen LogP contribution in [0.3, 0.4) is 0 Å². The number of thiazole rings is 1. The van der Waals surface area contributed by atoms with Gasteiger partial charge >= 0.3 is 0 Å². The van der Waals surface area contributed by atoms with E-state index in [2.05, 4.69) is 46.4 Å². The number of guanidine groups is 1. The molecule has 3 rings (SSSR count). The Kier molecular flexibility index (Phi) is 11.6. The maximum absolute atomic E-state index is 5.83. The minimum atomic E-state index is 0. The van der Waals surface area contributed by atoms with Crippen molar-refractivity contribution in [2.45, 2.75) is 33.2 Å². The van der Waals surface area contributed by atoms with Gasteiger partial charge in [-0.1, -0.05) is 18.2 Å². The number of para-hydroxylation sites is 1. The average Bonchev–Trinajstić information content (AvgIpc) is 3.17. The van der Waals surface area contributed by atoms with E-state index < -0.39 is 0 Å². The van der Waals surface area contributed by atoms with Gasteiger partial charge in [-0.2, -0.15) is 0 Å². The molecule has 1 fully saturated rings. The van der Waals surface area contributed by atoms with Crippen LogP contribution in [0.15, 0.2) is 40.7 Å². The van der Waals surface area contributed by atoms with Crippen LogP contribution < -0.4 is 10.1 Å². The zero-order valence-corrected chi connectivity index (χ0v) is 22.1. The van der Waals surface area contributed by atoms with Crippen molar-refractivity contribution in [3.05, 3.63) is 46.4 Å². The van der Waals surface area contributed by atoms with Crippen molar-refractivity contribution in [3.8, 4) is 5.75 Å². The number of aliphatic imine (C=N–C) groups is 1. The Morgan fingerprint density at radius 3 is 2.68 bits per heavy atom. The zero-order chi connectivity index (χ0) is 21.2. The molecule has 0 atom stereocenters. The molecule has 2 heterocycles. The molecule has 0 amide bonds. The summed E-state index contributed by atoms with van der Waals surface area (Å²) in [4.78, 5) is 14.2. The summed E-state index contributed by atoms with van der Waals surface area (Å²) < 4.78 is 5.83. The number of likely N-dealkylation sites (N-methyl/N-ethyl adjacent to an activating group) is 1. The molecule has 0 radical (unpaired) electrons. The molecule has 0 aliphatic carbocycles. The van der Waals surface area contributed by atoms with Gasteiger partial charge in [0.1, 0.15) is 12.4 Å². The Bertz CT molecular complexity index is 777. The van der Waals surface area contributed by atoms with Crippen LogP contribution in [-0.4, -0.2) is 67.1 Å². The summed E-state index contributed by atoms with van der Waals surface area (Å²) in [6, 6.07) is 9.96. The average molecular weight is 558 g/mol. The van der Waals surface area contributed by atoms with E-state index in [1.165, 1.54) is 18.5 Å². The van der Waals surface area contributed by atoms with Crippen LogP contribution in [0.1, 0.15) is 30.5 Å². The number of aromatic nitrogens is 1. The summed E-state index contributed by atoms with van der Waals surface area (Å²) >= 11 is 1.74. The van der Waals surface area contributed by atoms with Crippen molar-refractivity contribution >= 4 is 41.3 Å². The quantitative estimate of drug-likeness (QED) is 0.284. The molecule has 31 heavy (non-hydrogen) atoms. The summed E-state index contributed by atoms with van der Waals surface area (Å²) in [6.45, 7) is 10.6. The van der Waals surface area contributed by atoms with E-state index in [4.69, 9.17) is 9.73 Å². The number of rotatable bonds is 9. The molecule has 0 unspecified atom stereocenters. The van der Waals surface area contributed by atoms with Crippen molar-refractivity contribution in [1.82, 2.24) is 20.1 Å². The van der Waals surface area contributed by atoms with Crippen LogP contribution in [0.4, 0.5) is 0 Å². The Labute approximate surface area is 208 Å². The predicted molar refractivity (Wildman–Crippen MR) is 141 cm³/mol. The van der Waals surface area contributed by atoms with Crippen molar-refractivity contribution in [2.75, 3.05) is 46.4 Å². The Morgan fingerprint density at radius 2 is 2.03 bits per heavy atom. The second-order valence-electron chi connectivity index (χ2n) is 7.86. The third kappa shape index (κ3) is 8.94. The number of aryl methyl sites for hydroxylation is 1. The Hall–Kier alpha value is -1.39. The number of nitrogens with zero attached hydrogens (tertiary/aromatic N) is 4. The highest BCUT2D eigenvalue weighted by molar-refractivity contribution is 14.0. The van der Waals surface area contributed by atoms with Gasteiger partial charge in [0.25, 0.3) is 0 Å². The highest BCUT2D eigenvalue weighted by atomic mass is 127. The first-order valence-corrected chi connectivity index (χ1v) is 11.8. The number of hydrogen-bond acceptors (Lipinski definition) is 5. The lowest BCUT2D eigenvalue weighted by Gasteiger charge is -2.31. The van der Waals surface area contributed by atoms with Gasteiger partial charge in [0, 0.05) is 32.1 Å². The summed E-state index contributed by atoms with van der Waals surface area (Å²) in [5.74, 6) is 2.53. The fraction of sp³-hybridized carbons (Fsp3) is 0.565. The normalized spacial score (nSPS) is 15.4. The molecule has 8 heteroatoms. The minimum absolute atomic E-state index is 0. The molecule has 2 aromatic rings. The summed E-state index contributed by atoms with van der Waals surface area (Å²) in [5.41, 5.74) is 1.21. The molecule has 0 bridgehead atoms. The molecular formula is C23H36IN5OS. The van der Waals surface area contributed by atoms with Gasteiger partial charge in [-0.15, -0.1) is 35.3 Å². The van der Waals surface area contributed by atoms with Crippen molar-refractivity contribution < 1.29 is 4.74 Å². The third-order valence-electron chi connectivity index (χ3n) is 5.39. The van der Waals surface area contributed by atoms with Crippen LogP contribution in [-0.2, 0) is 6.54 Å². The third-order valence-corrected chi connectivity index (χ3v) is 6.22. The largest absolute Gasteiger partial charge is 0.492 e. The van der Waals surface area contributed by atoms with Crippen LogP contribution >= 0.6 is 35.3 Å². The van der Waals surface area contributed by atoms with Gasteiger partial charge in [-0.3, -0.25) is 9.89 Å². The van der Waals surface area contributed by atoms with Crippen LogP contribution in [0.2, 0.25) is 0 Å². The number of hydrogen-bond donors (Lipinski definition) is 1. The minimum Gasteiger partial charge on any atom is -0.492 e. The second kappa shape index (κ2) is 13.9. The standard InChI is InChI=1S/C23H35N5OS.HI/c1-4-24-23(27(3)14-15-29-22-8-6-5-7-9-22)25-16-20-10-12-28(13-11-20)17-21-18-30-19(2)26-21;/h5-9,18,20H,4,10-17H2,1-3H3,(H,24,25);1H. The second-order valence-corrected chi connectivity index (χ2v) is 8.92. The van der Waals surface area contributed by atoms with Gasteiger partial charge in [-0.05, 0) is 57.8 Å². The van der Waals surface area contributed by atoms with Crippen molar-refractivity contribution in [3.63, 3.8) is 0 Å². The maximum Gasteiger partial charge on any atom is 0.193 e.